The molecule has 0 aliphatic carbocycles. The molecule has 1 aromatic carbocycles. The van der Waals surface area contributed by atoms with Crippen LogP contribution in [0.25, 0.3) is 0 Å². The first-order valence-corrected chi connectivity index (χ1v) is 8.73. The van der Waals surface area contributed by atoms with Gasteiger partial charge in [-0.2, -0.15) is 0 Å². The van der Waals surface area contributed by atoms with E-state index >= 15 is 0 Å². The van der Waals surface area contributed by atoms with E-state index in [2.05, 4.69) is 4.72 Å². The molecule has 0 aliphatic heterocycles. The number of benzene rings is 1. The number of aliphatic hydroxyl groups excluding tert-OH is 1. The maximum absolute atomic E-state index is 12.3. The summed E-state index contributed by atoms with van der Waals surface area (Å²) in [4.78, 5) is 0.00569. The molecule has 0 aliphatic rings. The smallest absolute Gasteiger partial charge is 0.244 e. The Labute approximate surface area is 131 Å². The molecular formula is C14H22ClNO4S. The lowest BCUT2D eigenvalue weighted by atomic mass is 9.97. The Bertz CT molecular complexity index is 558. The molecule has 21 heavy (non-hydrogen) atoms. The molecule has 7 heteroatoms. The van der Waals surface area contributed by atoms with Gasteiger partial charge < -0.3 is 9.84 Å². The third-order valence-electron chi connectivity index (χ3n) is 3.49. The van der Waals surface area contributed by atoms with E-state index in [1.165, 1.54) is 25.3 Å². The molecule has 0 fully saturated rings. The zero-order valence-electron chi connectivity index (χ0n) is 12.5. The van der Waals surface area contributed by atoms with Gasteiger partial charge in [0.05, 0.1) is 13.2 Å². The van der Waals surface area contributed by atoms with Crippen molar-refractivity contribution in [3.63, 3.8) is 0 Å². The maximum atomic E-state index is 12.3. The lowest BCUT2D eigenvalue weighted by Gasteiger charge is -2.20. The van der Waals surface area contributed by atoms with E-state index in [1.807, 2.05) is 13.8 Å². The molecule has 0 saturated carbocycles. The second kappa shape index (κ2) is 7.98. The average molecular weight is 336 g/mol. The average Bonchev–Trinajstić information content (AvgIpc) is 2.46. The van der Waals surface area contributed by atoms with E-state index in [4.69, 9.17) is 16.3 Å². The van der Waals surface area contributed by atoms with Crippen LogP contribution < -0.4 is 9.46 Å². The maximum Gasteiger partial charge on any atom is 0.244 e. The Hall–Kier alpha value is -0.820. The molecule has 1 unspecified atom stereocenters. The summed E-state index contributed by atoms with van der Waals surface area (Å²) in [6, 6.07) is 4.30. The van der Waals surface area contributed by atoms with Gasteiger partial charge in [-0.25, -0.2) is 13.1 Å². The van der Waals surface area contributed by atoms with Gasteiger partial charge in [-0.1, -0.05) is 38.3 Å². The van der Waals surface area contributed by atoms with Gasteiger partial charge in [0.15, 0.2) is 0 Å². The van der Waals surface area contributed by atoms with Crippen LogP contribution in [0.2, 0.25) is 5.02 Å². The highest BCUT2D eigenvalue weighted by molar-refractivity contribution is 7.89. The minimum absolute atomic E-state index is 0.00569. The van der Waals surface area contributed by atoms with Gasteiger partial charge in [0, 0.05) is 17.6 Å². The zero-order valence-corrected chi connectivity index (χ0v) is 14.0. The molecule has 0 saturated heterocycles. The Kier molecular flexibility index (Phi) is 6.93. The van der Waals surface area contributed by atoms with Gasteiger partial charge in [0.1, 0.15) is 10.6 Å². The van der Waals surface area contributed by atoms with Gasteiger partial charge in [0.25, 0.3) is 0 Å². The normalized spacial score (nSPS) is 13.4. The largest absolute Gasteiger partial charge is 0.495 e. The first-order valence-electron chi connectivity index (χ1n) is 6.87. The first kappa shape index (κ1) is 18.2. The van der Waals surface area contributed by atoms with E-state index in [1.54, 1.807) is 0 Å². The third-order valence-corrected chi connectivity index (χ3v) is 5.19. The van der Waals surface area contributed by atoms with Crippen molar-refractivity contribution in [3.05, 3.63) is 23.2 Å². The predicted molar refractivity (Wildman–Crippen MR) is 83.3 cm³/mol. The summed E-state index contributed by atoms with van der Waals surface area (Å²) in [5.41, 5.74) is 0. The van der Waals surface area contributed by atoms with Crippen LogP contribution in [0.3, 0.4) is 0 Å². The van der Waals surface area contributed by atoms with E-state index < -0.39 is 16.1 Å². The number of methoxy groups -OCH3 is 1. The molecular weight excluding hydrogens is 314 g/mol. The molecule has 0 radical (unpaired) electrons. The van der Waals surface area contributed by atoms with Crippen molar-refractivity contribution in [1.82, 2.24) is 4.72 Å². The highest BCUT2D eigenvalue weighted by atomic mass is 35.5. The summed E-state index contributed by atoms with van der Waals surface area (Å²) in [5, 5.41) is 10.4. The summed E-state index contributed by atoms with van der Waals surface area (Å²) in [6.07, 6.45) is 0.876. The first-order chi connectivity index (χ1) is 9.85. The number of halogens is 1. The Morgan fingerprint density at radius 2 is 1.95 bits per heavy atom. The summed E-state index contributed by atoms with van der Waals surface area (Å²) < 4.78 is 32.0. The molecule has 1 aromatic rings. The molecule has 120 valence electrons. The highest BCUT2D eigenvalue weighted by Gasteiger charge is 2.23. The van der Waals surface area contributed by atoms with E-state index in [9.17, 15) is 13.5 Å². The molecule has 0 amide bonds. The number of nitrogens with one attached hydrogen (secondary N) is 1. The van der Waals surface area contributed by atoms with Crippen LogP contribution in [-0.2, 0) is 10.0 Å². The number of aliphatic hydroxyl groups is 1. The topological polar surface area (TPSA) is 75.6 Å². The molecule has 2 N–H and O–H groups in total. The highest BCUT2D eigenvalue weighted by Crippen LogP contribution is 2.27. The summed E-state index contributed by atoms with van der Waals surface area (Å²) in [5.74, 6) is 0.242. The van der Waals surface area contributed by atoms with E-state index in [0.29, 0.717) is 5.02 Å². The van der Waals surface area contributed by atoms with Gasteiger partial charge in [0.2, 0.25) is 10.0 Å². The van der Waals surface area contributed by atoms with Gasteiger partial charge in [-0.3, -0.25) is 0 Å². The lowest BCUT2D eigenvalue weighted by Crippen LogP contribution is -2.36. The molecule has 0 spiro atoms. The summed E-state index contributed by atoms with van der Waals surface area (Å²) in [7, 11) is -2.38. The van der Waals surface area contributed by atoms with Crippen molar-refractivity contribution < 1.29 is 18.3 Å². The fourth-order valence-electron chi connectivity index (χ4n) is 2.14. The van der Waals surface area contributed by atoms with Crippen molar-refractivity contribution in [3.8, 4) is 5.75 Å². The SMILES string of the molecule is CCC(CC)C(O)CNS(=O)(=O)c1ccc(Cl)cc1OC. The van der Waals surface area contributed by atoms with E-state index in [0.717, 1.165) is 12.8 Å². The van der Waals surface area contributed by atoms with Crippen molar-refractivity contribution in [2.45, 2.75) is 37.7 Å². The summed E-state index contributed by atoms with van der Waals surface area (Å²) >= 11 is 5.82. The van der Waals surface area contributed by atoms with Crippen LogP contribution in [0.15, 0.2) is 23.1 Å². The van der Waals surface area contributed by atoms with Crippen LogP contribution in [0.5, 0.6) is 5.75 Å². The minimum Gasteiger partial charge on any atom is -0.495 e. The standard InChI is InChI=1S/C14H22ClNO4S/c1-4-10(5-2)12(17)9-16-21(18,19)14-7-6-11(15)8-13(14)20-3/h6-8,10,12,16-17H,4-5,9H2,1-3H3. The number of rotatable bonds is 8. The van der Waals surface area contributed by atoms with Crippen LogP contribution >= 0.6 is 11.6 Å². The Morgan fingerprint density at radius 3 is 2.48 bits per heavy atom. The Morgan fingerprint density at radius 1 is 1.33 bits per heavy atom. The molecule has 1 rings (SSSR count). The fourth-order valence-corrected chi connectivity index (χ4v) is 3.50. The molecule has 0 bridgehead atoms. The fraction of sp³-hybridized carbons (Fsp3) is 0.571. The number of hydrogen-bond acceptors (Lipinski definition) is 4. The number of sulfonamides is 1. The van der Waals surface area contributed by atoms with Crippen LogP contribution in [0, 0.1) is 5.92 Å². The molecule has 1 atom stereocenters. The minimum atomic E-state index is -3.76. The second-order valence-corrected chi connectivity index (χ2v) is 6.96. The van der Waals surface area contributed by atoms with Crippen molar-refractivity contribution in [1.29, 1.82) is 0 Å². The monoisotopic (exact) mass is 335 g/mol. The zero-order chi connectivity index (χ0) is 16.0. The van der Waals surface area contributed by atoms with Gasteiger partial charge >= 0.3 is 0 Å². The predicted octanol–water partition coefficient (Wildman–Crippen LogP) is 2.42. The lowest BCUT2D eigenvalue weighted by molar-refractivity contribution is 0.107. The van der Waals surface area contributed by atoms with Crippen LogP contribution in [-0.4, -0.2) is 33.3 Å². The molecule has 0 aromatic heterocycles. The number of hydrogen-bond donors (Lipinski definition) is 2. The van der Waals surface area contributed by atoms with Crippen molar-refractivity contribution in [2.24, 2.45) is 5.92 Å². The molecule has 5 nitrogen and oxygen atoms in total. The number of ether oxygens (including phenoxy) is 1. The summed E-state index contributed by atoms with van der Waals surface area (Å²) in [6.45, 7) is 3.91. The Balaban J connectivity index is 2.87. The van der Waals surface area contributed by atoms with E-state index in [-0.39, 0.29) is 23.1 Å². The van der Waals surface area contributed by atoms with Gasteiger partial charge in [-0.15, -0.1) is 0 Å². The molecule has 0 heterocycles. The van der Waals surface area contributed by atoms with Gasteiger partial charge in [-0.05, 0) is 18.1 Å². The third kappa shape index (κ3) is 4.85. The second-order valence-electron chi connectivity index (χ2n) is 4.79. The van der Waals surface area contributed by atoms with Crippen LogP contribution in [0.1, 0.15) is 26.7 Å². The van der Waals surface area contributed by atoms with Crippen LogP contribution in [0.4, 0.5) is 0 Å². The van der Waals surface area contributed by atoms with Crippen molar-refractivity contribution >= 4 is 21.6 Å². The van der Waals surface area contributed by atoms with Crippen molar-refractivity contribution in [2.75, 3.05) is 13.7 Å². The quantitative estimate of drug-likeness (QED) is 0.765.